The maximum Gasteiger partial charge on any atom is 0.336 e. The fraction of sp³-hybridized carbons (Fsp3) is 0.600. The first-order valence-corrected chi connectivity index (χ1v) is 9.13. The minimum absolute atomic E-state index is 0.133. The van der Waals surface area contributed by atoms with Gasteiger partial charge >= 0.3 is 11.9 Å². The Morgan fingerprint density at radius 2 is 2.15 bits per heavy atom. The van der Waals surface area contributed by atoms with E-state index in [1.165, 1.54) is 0 Å². The lowest BCUT2D eigenvalue weighted by atomic mass is 9.82. The van der Waals surface area contributed by atoms with Crippen LogP contribution in [0.25, 0.3) is 0 Å². The van der Waals surface area contributed by atoms with Crippen molar-refractivity contribution in [1.82, 2.24) is 0 Å². The molecule has 0 aromatic heterocycles. The number of esters is 2. The van der Waals surface area contributed by atoms with Crippen molar-refractivity contribution in [2.75, 3.05) is 13.2 Å². The first kappa shape index (κ1) is 21.3. The van der Waals surface area contributed by atoms with Crippen LogP contribution in [-0.4, -0.2) is 58.8 Å². The van der Waals surface area contributed by atoms with Gasteiger partial charge in [0.15, 0.2) is 0 Å². The molecule has 0 amide bonds. The van der Waals surface area contributed by atoms with Crippen molar-refractivity contribution < 1.29 is 34.4 Å². The van der Waals surface area contributed by atoms with Crippen molar-refractivity contribution in [3.05, 3.63) is 35.5 Å². The Labute approximate surface area is 159 Å². The lowest BCUT2D eigenvalue weighted by molar-refractivity contribution is -0.149. The molecule has 1 aliphatic heterocycles. The molecule has 1 aliphatic carbocycles. The quantitative estimate of drug-likeness (QED) is 0.371. The Kier molecular flexibility index (Phi) is 7.35. The van der Waals surface area contributed by atoms with E-state index in [9.17, 15) is 19.8 Å². The van der Waals surface area contributed by atoms with Crippen LogP contribution in [0.2, 0.25) is 0 Å². The summed E-state index contributed by atoms with van der Waals surface area (Å²) >= 11 is 0. The van der Waals surface area contributed by atoms with Crippen molar-refractivity contribution in [1.29, 1.82) is 0 Å². The second-order valence-electron chi connectivity index (χ2n) is 7.21. The first-order valence-electron chi connectivity index (χ1n) is 9.13. The van der Waals surface area contributed by atoms with E-state index in [2.05, 4.69) is 6.58 Å². The van der Waals surface area contributed by atoms with Crippen LogP contribution in [0.15, 0.2) is 35.5 Å². The van der Waals surface area contributed by atoms with Crippen LogP contribution in [0, 0.1) is 11.8 Å². The number of hydrogen-bond acceptors (Lipinski definition) is 7. The Morgan fingerprint density at radius 1 is 1.44 bits per heavy atom. The van der Waals surface area contributed by atoms with Gasteiger partial charge in [0.1, 0.15) is 18.3 Å². The van der Waals surface area contributed by atoms with Crippen LogP contribution in [0.5, 0.6) is 0 Å². The molecule has 27 heavy (non-hydrogen) atoms. The zero-order valence-corrected chi connectivity index (χ0v) is 15.8. The summed E-state index contributed by atoms with van der Waals surface area (Å²) in [4.78, 5) is 24.5. The summed E-state index contributed by atoms with van der Waals surface area (Å²) in [7, 11) is 0. The van der Waals surface area contributed by atoms with Crippen molar-refractivity contribution in [3.63, 3.8) is 0 Å². The van der Waals surface area contributed by atoms with Gasteiger partial charge in [0.25, 0.3) is 0 Å². The molecule has 0 aromatic rings. The number of hydrogen-bond donors (Lipinski definition) is 3. The van der Waals surface area contributed by atoms with Crippen LogP contribution >= 0.6 is 0 Å². The van der Waals surface area contributed by atoms with E-state index in [0.29, 0.717) is 12.8 Å². The zero-order valence-electron chi connectivity index (χ0n) is 15.8. The topological polar surface area (TPSA) is 113 Å². The molecule has 7 heteroatoms. The normalized spacial score (nSPS) is 33.6. The van der Waals surface area contributed by atoms with Gasteiger partial charge in [0, 0.05) is 6.42 Å². The Hall–Kier alpha value is -1.96. The monoisotopic (exact) mass is 380 g/mol. The molecule has 0 saturated carbocycles. The maximum absolute atomic E-state index is 12.4. The van der Waals surface area contributed by atoms with Crippen molar-refractivity contribution in [2.24, 2.45) is 11.8 Å². The van der Waals surface area contributed by atoms with E-state index in [4.69, 9.17) is 14.6 Å². The summed E-state index contributed by atoms with van der Waals surface area (Å²) in [5, 5.41) is 28.2. The van der Waals surface area contributed by atoms with E-state index in [1.807, 2.05) is 13.0 Å². The van der Waals surface area contributed by atoms with Gasteiger partial charge in [-0.2, -0.15) is 0 Å². The molecular weight excluding hydrogens is 352 g/mol. The predicted molar refractivity (Wildman–Crippen MR) is 97.4 cm³/mol. The van der Waals surface area contributed by atoms with E-state index in [1.54, 1.807) is 13.0 Å². The summed E-state index contributed by atoms with van der Waals surface area (Å²) in [5.74, 6) is -2.12. The van der Waals surface area contributed by atoms with E-state index < -0.39 is 42.7 Å². The molecule has 7 nitrogen and oxygen atoms in total. The largest absolute Gasteiger partial charge is 0.458 e. The number of carbonyl (C=O) groups excluding carboxylic acids is 2. The van der Waals surface area contributed by atoms with Gasteiger partial charge in [-0.05, 0) is 31.4 Å². The van der Waals surface area contributed by atoms with Crippen LogP contribution in [0.3, 0.4) is 0 Å². The third-order valence-electron chi connectivity index (χ3n) is 5.19. The van der Waals surface area contributed by atoms with Gasteiger partial charge in [-0.1, -0.05) is 25.2 Å². The van der Waals surface area contributed by atoms with Gasteiger partial charge in [-0.25, -0.2) is 4.79 Å². The lowest BCUT2D eigenvalue weighted by Gasteiger charge is -2.29. The molecule has 150 valence electrons. The van der Waals surface area contributed by atoms with Crippen LogP contribution in [-0.2, 0) is 19.1 Å². The molecule has 0 unspecified atom stereocenters. The van der Waals surface area contributed by atoms with E-state index >= 15 is 0 Å². The van der Waals surface area contributed by atoms with Gasteiger partial charge in [0.05, 0.1) is 30.6 Å². The zero-order chi connectivity index (χ0) is 20.1. The number of aliphatic hydroxyl groups is 3. The standard InChI is InChI=1S/C20H28O7/c1-11-5-4-6-14(9-21)8-17-18(13(3)20(25)27-17)16(7-11)26-19(24)12(2)15(23)10-22/h5,8,13,15-18,21-23H,2,4,6-7,9-10H2,1,3H3/b11-5+,14-8-/t13-,15-,16-,17+,18+/m0/s1. The summed E-state index contributed by atoms with van der Waals surface area (Å²) in [5.41, 5.74) is 1.52. The third-order valence-corrected chi connectivity index (χ3v) is 5.19. The number of fused-ring (bicyclic) bond motifs is 1. The third kappa shape index (κ3) is 5.06. The SMILES string of the molecule is C=C(C(=O)O[C@H]1C/C(C)=C/CC/C(CO)=C/[C@H]2OC(=O)[C@@H](C)[C@H]12)[C@@H](O)CO. The summed E-state index contributed by atoms with van der Waals surface area (Å²) in [6.07, 6.45) is 2.89. The van der Waals surface area contributed by atoms with Gasteiger partial charge in [0.2, 0.25) is 0 Å². The Bertz CT molecular complexity index is 649. The highest BCUT2D eigenvalue weighted by atomic mass is 16.6. The molecule has 1 saturated heterocycles. The van der Waals surface area contributed by atoms with Gasteiger partial charge < -0.3 is 24.8 Å². The second kappa shape index (κ2) is 9.30. The smallest absolute Gasteiger partial charge is 0.336 e. The minimum Gasteiger partial charge on any atom is -0.458 e. The molecular formula is C20H28O7. The maximum atomic E-state index is 12.4. The van der Waals surface area contributed by atoms with E-state index in [-0.39, 0.29) is 18.1 Å². The van der Waals surface area contributed by atoms with Crippen molar-refractivity contribution in [2.45, 2.75) is 51.4 Å². The molecule has 1 fully saturated rings. The Balaban J connectivity index is 2.34. The number of allylic oxidation sites excluding steroid dienone is 1. The molecule has 0 bridgehead atoms. The fourth-order valence-corrected chi connectivity index (χ4v) is 3.51. The average Bonchev–Trinajstić information content (AvgIpc) is 2.92. The molecule has 0 spiro atoms. The Morgan fingerprint density at radius 3 is 2.78 bits per heavy atom. The molecule has 0 radical (unpaired) electrons. The summed E-state index contributed by atoms with van der Waals surface area (Å²) in [6.45, 7) is 6.36. The predicted octanol–water partition coefficient (Wildman–Crippen LogP) is 1.03. The minimum atomic E-state index is -1.40. The first-order chi connectivity index (χ1) is 12.8. The second-order valence-corrected chi connectivity index (χ2v) is 7.21. The molecule has 3 N–H and O–H groups in total. The van der Waals surface area contributed by atoms with Crippen LogP contribution < -0.4 is 0 Å². The van der Waals surface area contributed by atoms with Crippen LogP contribution in [0.4, 0.5) is 0 Å². The van der Waals surface area contributed by atoms with Gasteiger partial charge in [-0.3, -0.25) is 4.79 Å². The highest BCUT2D eigenvalue weighted by Gasteiger charge is 2.47. The summed E-state index contributed by atoms with van der Waals surface area (Å²) in [6, 6.07) is 0. The molecule has 0 aromatic carbocycles. The number of rotatable bonds is 5. The molecule has 5 atom stereocenters. The van der Waals surface area contributed by atoms with Crippen LogP contribution in [0.1, 0.15) is 33.1 Å². The average molecular weight is 380 g/mol. The highest BCUT2D eigenvalue weighted by molar-refractivity contribution is 5.89. The van der Waals surface area contributed by atoms with Gasteiger partial charge in [-0.15, -0.1) is 0 Å². The van der Waals surface area contributed by atoms with Crippen molar-refractivity contribution >= 4 is 11.9 Å². The lowest BCUT2D eigenvalue weighted by Crippen LogP contribution is -2.37. The molecule has 1 heterocycles. The highest BCUT2D eigenvalue weighted by Crippen LogP contribution is 2.37. The number of ether oxygens (including phenoxy) is 2. The van der Waals surface area contributed by atoms with E-state index in [0.717, 1.165) is 17.6 Å². The number of aliphatic hydroxyl groups excluding tert-OH is 3. The van der Waals surface area contributed by atoms with Crippen molar-refractivity contribution in [3.8, 4) is 0 Å². The molecule has 2 rings (SSSR count). The fourth-order valence-electron chi connectivity index (χ4n) is 3.51. The summed E-state index contributed by atoms with van der Waals surface area (Å²) < 4.78 is 11.1. The molecule has 2 aliphatic rings. The number of carbonyl (C=O) groups is 2.